The van der Waals surface area contributed by atoms with Gasteiger partial charge in [-0.15, -0.1) is 0 Å². The number of hydrogen-bond acceptors (Lipinski definition) is 3. The lowest BCUT2D eigenvalue weighted by atomic mass is 10.1. The summed E-state index contributed by atoms with van der Waals surface area (Å²) in [5.41, 5.74) is 1.74. The molecule has 2 heterocycles. The number of carbonyl (C=O) groups is 1. The number of H-pyrrole nitrogens is 1. The van der Waals surface area contributed by atoms with Crippen molar-refractivity contribution in [2.24, 2.45) is 5.92 Å². The molecular weight excluding hydrogens is 359 g/mol. The van der Waals surface area contributed by atoms with Gasteiger partial charge >= 0.3 is 0 Å². The Hall–Kier alpha value is -2.21. The molecule has 1 amide bonds. The summed E-state index contributed by atoms with van der Waals surface area (Å²) in [6.07, 6.45) is 6.00. The van der Waals surface area contributed by atoms with E-state index in [0.717, 1.165) is 44.0 Å². The van der Waals surface area contributed by atoms with Crippen LogP contribution in [-0.2, 0) is 16.1 Å². The van der Waals surface area contributed by atoms with E-state index in [4.69, 9.17) is 4.74 Å². The first kappa shape index (κ1) is 19.1. The first-order valence-corrected chi connectivity index (χ1v) is 10.2. The van der Waals surface area contributed by atoms with Gasteiger partial charge in [-0.2, -0.15) is 0 Å². The Balaban J connectivity index is 1.32. The Morgan fingerprint density at radius 2 is 2.00 bits per heavy atom. The number of piperidine rings is 1. The molecule has 1 N–H and O–H groups in total. The minimum absolute atomic E-state index is 0.0827. The van der Waals surface area contributed by atoms with Gasteiger partial charge in [0.1, 0.15) is 5.82 Å². The largest absolute Gasteiger partial charge is 0.372 e. The van der Waals surface area contributed by atoms with E-state index in [0.29, 0.717) is 29.5 Å². The average molecular weight is 386 g/mol. The van der Waals surface area contributed by atoms with Crippen molar-refractivity contribution in [2.75, 3.05) is 13.1 Å². The van der Waals surface area contributed by atoms with Gasteiger partial charge in [-0.1, -0.05) is 12.8 Å². The Bertz CT molecular complexity index is 927. The quantitative estimate of drug-likeness (QED) is 0.824. The van der Waals surface area contributed by atoms with Crippen molar-refractivity contribution in [1.29, 1.82) is 0 Å². The van der Waals surface area contributed by atoms with Crippen LogP contribution in [0, 0.1) is 18.7 Å². The van der Waals surface area contributed by atoms with E-state index >= 15 is 0 Å². The molecule has 1 aliphatic carbocycles. The van der Waals surface area contributed by atoms with Gasteiger partial charge in [0, 0.05) is 41.7 Å². The molecule has 150 valence electrons. The van der Waals surface area contributed by atoms with Gasteiger partial charge in [0.2, 0.25) is 5.91 Å². The summed E-state index contributed by atoms with van der Waals surface area (Å²) >= 11 is 0. The van der Waals surface area contributed by atoms with Crippen LogP contribution >= 0.6 is 0 Å². The zero-order chi connectivity index (χ0) is 19.7. The number of likely N-dealkylation sites (tertiary alicyclic amines) is 1. The summed E-state index contributed by atoms with van der Waals surface area (Å²) in [6.45, 7) is 3.53. The zero-order valence-electron chi connectivity index (χ0n) is 16.3. The second-order valence-electron chi connectivity index (χ2n) is 8.12. The average Bonchev–Trinajstić information content (AvgIpc) is 3.53. The van der Waals surface area contributed by atoms with E-state index in [-0.39, 0.29) is 17.4 Å². The Morgan fingerprint density at radius 1 is 1.25 bits per heavy atom. The standard InChI is InChI=1S/C22H27FN2O3/c1-14-20(24-19-6-5-16(23)12-18(19)22(14)27)13-28-17-8-10-25(11-9-17)21(26)7-4-15-2-3-15/h5-6,12,15,17H,2-4,7-11,13H2,1H3,(H,24,27). The molecule has 28 heavy (non-hydrogen) atoms. The summed E-state index contributed by atoms with van der Waals surface area (Å²) < 4.78 is 19.4. The van der Waals surface area contributed by atoms with Crippen LogP contribution in [0.5, 0.6) is 0 Å². The fourth-order valence-electron chi connectivity index (χ4n) is 3.92. The minimum Gasteiger partial charge on any atom is -0.372 e. The maximum Gasteiger partial charge on any atom is 0.222 e. The molecule has 0 atom stereocenters. The minimum atomic E-state index is -0.417. The number of aromatic amines is 1. The van der Waals surface area contributed by atoms with Crippen LogP contribution in [0.4, 0.5) is 4.39 Å². The van der Waals surface area contributed by atoms with Gasteiger partial charge in [0.25, 0.3) is 0 Å². The highest BCUT2D eigenvalue weighted by atomic mass is 19.1. The smallest absolute Gasteiger partial charge is 0.222 e. The third-order valence-corrected chi connectivity index (χ3v) is 6.03. The highest BCUT2D eigenvalue weighted by Crippen LogP contribution is 2.33. The van der Waals surface area contributed by atoms with Crippen molar-refractivity contribution in [3.05, 3.63) is 45.5 Å². The molecule has 0 radical (unpaired) electrons. The van der Waals surface area contributed by atoms with E-state index in [1.54, 1.807) is 13.0 Å². The number of halogens is 1. The predicted molar refractivity (Wildman–Crippen MR) is 106 cm³/mol. The molecule has 2 fully saturated rings. The summed E-state index contributed by atoms with van der Waals surface area (Å²) in [5.74, 6) is 0.640. The Morgan fingerprint density at radius 3 is 2.71 bits per heavy atom. The molecule has 1 aromatic heterocycles. The molecular formula is C22H27FN2O3. The first-order chi connectivity index (χ1) is 13.5. The van der Waals surface area contributed by atoms with Gasteiger partial charge in [-0.3, -0.25) is 9.59 Å². The SMILES string of the molecule is Cc1c(COC2CCN(C(=O)CCC3CC3)CC2)[nH]c2ccc(F)cc2c1=O. The van der Waals surface area contributed by atoms with Crippen LogP contribution in [0.15, 0.2) is 23.0 Å². The summed E-state index contributed by atoms with van der Waals surface area (Å²) in [7, 11) is 0. The molecule has 1 aromatic carbocycles. The van der Waals surface area contributed by atoms with E-state index in [1.165, 1.54) is 25.0 Å². The van der Waals surface area contributed by atoms with Crippen LogP contribution < -0.4 is 5.43 Å². The highest BCUT2D eigenvalue weighted by molar-refractivity contribution is 5.79. The zero-order valence-corrected chi connectivity index (χ0v) is 16.3. The third-order valence-electron chi connectivity index (χ3n) is 6.03. The molecule has 0 unspecified atom stereocenters. The van der Waals surface area contributed by atoms with E-state index < -0.39 is 5.82 Å². The lowest BCUT2D eigenvalue weighted by Gasteiger charge is -2.32. The fourth-order valence-corrected chi connectivity index (χ4v) is 3.92. The number of aromatic nitrogens is 1. The van der Waals surface area contributed by atoms with Crippen LogP contribution in [0.1, 0.15) is 49.8 Å². The van der Waals surface area contributed by atoms with Crippen LogP contribution in [0.2, 0.25) is 0 Å². The predicted octanol–water partition coefficient (Wildman–Crippen LogP) is 3.67. The number of benzene rings is 1. The van der Waals surface area contributed by atoms with E-state index in [9.17, 15) is 14.0 Å². The first-order valence-electron chi connectivity index (χ1n) is 10.2. The number of amides is 1. The second kappa shape index (κ2) is 8.03. The van der Waals surface area contributed by atoms with E-state index in [2.05, 4.69) is 4.98 Å². The van der Waals surface area contributed by atoms with Gasteiger partial charge in [-0.05, 0) is 50.3 Å². The van der Waals surface area contributed by atoms with Crippen LogP contribution in [-0.4, -0.2) is 35.0 Å². The van der Waals surface area contributed by atoms with Gasteiger partial charge in [0.15, 0.2) is 5.43 Å². The van der Waals surface area contributed by atoms with Crippen LogP contribution in [0.3, 0.4) is 0 Å². The molecule has 0 spiro atoms. The molecule has 2 aromatic rings. The molecule has 4 rings (SSSR count). The maximum atomic E-state index is 13.4. The number of pyridine rings is 1. The number of nitrogens with zero attached hydrogens (tertiary/aromatic N) is 1. The third kappa shape index (κ3) is 4.27. The van der Waals surface area contributed by atoms with Gasteiger partial charge < -0.3 is 14.6 Å². The number of hydrogen-bond donors (Lipinski definition) is 1. The summed E-state index contributed by atoms with van der Waals surface area (Å²) in [4.78, 5) is 29.9. The van der Waals surface area contributed by atoms with E-state index in [1.807, 2.05) is 4.90 Å². The van der Waals surface area contributed by atoms with Crippen molar-refractivity contribution in [3.63, 3.8) is 0 Å². The topological polar surface area (TPSA) is 62.4 Å². The normalized spacial score (nSPS) is 18.0. The lowest BCUT2D eigenvalue weighted by Crippen LogP contribution is -2.40. The fraction of sp³-hybridized carbons (Fsp3) is 0.545. The lowest BCUT2D eigenvalue weighted by molar-refractivity contribution is -0.134. The molecule has 2 aliphatic rings. The van der Waals surface area contributed by atoms with Crippen molar-refractivity contribution in [2.45, 2.75) is 58.2 Å². The Labute approximate surface area is 163 Å². The Kier molecular flexibility index (Phi) is 5.49. The van der Waals surface area contributed by atoms with Crippen molar-refractivity contribution >= 4 is 16.8 Å². The molecule has 1 aliphatic heterocycles. The summed E-state index contributed by atoms with van der Waals surface area (Å²) in [6, 6.07) is 4.19. The molecule has 0 bridgehead atoms. The molecule has 1 saturated heterocycles. The molecule has 1 saturated carbocycles. The van der Waals surface area contributed by atoms with Crippen molar-refractivity contribution in [3.8, 4) is 0 Å². The number of fused-ring (bicyclic) bond motifs is 1. The van der Waals surface area contributed by atoms with Crippen molar-refractivity contribution < 1.29 is 13.9 Å². The van der Waals surface area contributed by atoms with Gasteiger partial charge in [0.05, 0.1) is 12.7 Å². The second-order valence-corrected chi connectivity index (χ2v) is 8.12. The number of ether oxygens (including phenoxy) is 1. The monoisotopic (exact) mass is 386 g/mol. The molecule has 6 heteroatoms. The number of nitrogens with one attached hydrogen (secondary N) is 1. The number of rotatable bonds is 6. The van der Waals surface area contributed by atoms with Crippen molar-refractivity contribution in [1.82, 2.24) is 9.88 Å². The number of carbonyl (C=O) groups excluding carboxylic acids is 1. The van der Waals surface area contributed by atoms with Gasteiger partial charge in [-0.25, -0.2) is 4.39 Å². The van der Waals surface area contributed by atoms with Crippen LogP contribution in [0.25, 0.3) is 10.9 Å². The summed E-state index contributed by atoms with van der Waals surface area (Å²) in [5, 5.41) is 0.360. The molecule has 5 nitrogen and oxygen atoms in total. The maximum absolute atomic E-state index is 13.4. The highest BCUT2D eigenvalue weighted by Gasteiger charge is 2.26.